The van der Waals surface area contributed by atoms with Gasteiger partial charge in [0, 0.05) is 32.0 Å². The first-order chi connectivity index (χ1) is 9.67. The van der Waals surface area contributed by atoms with Gasteiger partial charge >= 0.3 is 0 Å². The van der Waals surface area contributed by atoms with Crippen LogP contribution in [0, 0.1) is 5.41 Å². The normalized spacial score (nSPS) is 16.8. The molecule has 5 heteroatoms. The summed E-state index contributed by atoms with van der Waals surface area (Å²) in [6, 6.07) is 7.63. The lowest BCUT2D eigenvalue weighted by molar-refractivity contribution is 0.174. The number of nitrogens with two attached hydrogens (primary N) is 1. The first kappa shape index (κ1) is 14.7. The largest absolute Gasteiger partial charge is 0.497 e. The Morgan fingerprint density at radius 3 is 2.85 bits per heavy atom. The van der Waals surface area contributed by atoms with E-state index < -0.39 is 0 Å². The van der Waals surface area contributed by atoms with Crippen LogP contribution in [0.2, 0.25) is 0 Å². The molecule has 1 saturated carbocycles. The van der Waals surface area contributed by atoms with E-state index in [4.69, 9.17) is 15.2 Å². The van der Waals surface area contributed by atoms with Crippen LogP contribution in [0.4, 0.5) is 5.69 Å². The van der Waals surface area contributed by atoms with Crippen molar-refractivity contribution in [2.75, 3.05) is 32.7 Å². The van der Waals surface area contributed by atoms with Gasteiger partial charge in [0.25, 0.3) is 0 Å². The first-order valence-corrected chi connectivity index (χ1v) is 6.87. The third-order valence-electron chi connectivity index (χ3n) is 3.72. The van der Waals surface area contributed by atoms with Crippen LogP contribution in [0.5, 0.6) is 5.75 Å². The van der Waals surface area contributed by atoms with Crippen LogP contribution in [0.1, 0.15) is 19.3 Å². The fraction of sp³-hybridized carbons (Fsp3) is 0.533. The van der Waals surface area contributed by atoms with Gasteiger partial charge in [-0.05, 0) is 36.8 Å². The standard InChI is InChI=1S/C15H23N3O2/c1-19-9-8-15(6-7-15)11-17-14(16)18-12-4-3-5-13(10-12)20-2/h3-5,10H,6-9,11H2,1-2H3,(H3,16,17,18). The number of ether oxygens (including phenoxy) is 2. The van der Waals surface area contributed by atoms with Crippen molar-refractivity contribution in [3.8, 4) is 5.75 Å². The summed E-state index contributed by atoms with van der Waals surface area (Å²) in [6.45, 7) is 1.55. The molecule has 3 N–H and O–H groups in total. The van der Waals surface area contributed by atoms with E-state index in [1.807, 2.05) is 24.3 Å². The number of benzene rings is 1. The van der Waals surface area contributed by atoms with E-state index in [2.05, 4.69) is 10.3 Å². The Hall–Kier alpha value is -1.75. The Balaban J connectivity index is 1.87. The van der Waals surface area contributed by atoms with Crippen molar-refractivity contribution in [1.29, 1.82) is 0 Å². The predicted molar refractivity (Wildman–Crippen MR) is 81.3 cm³/mol. The molecule has 110 valence electrons. The van der Waals surface area contributed by atoms with Gasteiger partial charge in [-0.15, -0.1) is 0 Å². The highest BCUT2D eigenvalue weighted by Gasteiger charge is 2.41. The van der Waals surface area contributed by atoms with E-state index in [0.29, 0.717) is 11.4 Å². The summed E-state index contributed by atoms with van der Waals surface area (Å²) in [5.74, 6) is 1.24. The topological polar surface area (TPSA) is 68.9 Å². The van der Waals surface area contributed by atoms with Gasteiger partial charge in [0.05, 0.1) is 7.11 Å². The van der Waals surface area contributed by atoms with Gasteiger partial charge in [0.1, 0.15) is 5.75 Å². The zero-order chi connectivity index (χ0) is 14.4. The zero-order valence-electron chi connectivity index (χ0n) is 12.2. The Morgan fingerprint density at radius 1 is 1.40 bits per heavy atom. The number of methoxy groups -OCH3 is 2. The number of anilines is 1. The molecule has 1 fully saturated rings. The molecule has 0 unspecified atom stereocenters. The van der Waals surface area contributed by atoms with Crippen molar-refractivity contribution in [3.05, 3.63) is 24.3 Å². The minimum atomic E-state index is 0.316. The molecule has 0 saturated heterocycles. The summed E-state index contributed by atoms with van der Waals surface area (Å²) >= 11 is 0. The molecule has 0 amide bonds. The number of nitrogens with zero attached hydrogens (tertiary/aromatic N) is 1. The fourth-order valence-electron chi connectivity index (χ4n) is 2.12. The summed E-state index contributed by atoms with van der Waals surface area (Å²) in [5, 5.41) is 3.09. The van der Waals surface area contributed by atoms with Crippen molar-refractivity contribution < 1.29 is 9.47 Å². The molecule has 5 nitrogen and oxygen atoms in total. The van der Waals surface area contributed by atoms with Crippen LogP contribution in [0.25, 0.3) is 0 Å². The van der Waals surface area contributed by atoms with Crippen LogP contribution >= 0.6 is 0 Å². The zero-order valence-corrected chi connectivity index (χ0v) is 12.2. The van der Waals surface area contributed by atoms with E-state index in [1.165, 1.54) is 12.8 Å². The van der Waals surface area contributed by atoms with E-state index in [1.54, 1.807) is 14.2 Å². The molecule has 1 aliphatic rings. The molecule has 0 spiro atoms. The van der Waals surface area contributed by atoms with E-state index in [-0.39, 0.29) is 0 Å². The number of nitrogens with one attached hydrogen (secondary N) is 1. The number of guanidine groups is 1. The number of hydrogen-bond acceptors (Lipinski definition) is 3. The van der Waals surface area contributed by atoms with E-state index >= 15 is 0 Å². The molecule has 1 aliphatic carbocycles. The highest BCUT2D eigenvalue weighted by molar-refractivity contribution is 5.92. The Labute approximate surface area is 120 Å². The van der Waals surface area contributed by atoms with E-state index in [9.17, 15) is 0 Å². The lowest BCUT2D eigenvalue weighted by atomic mass is 10.0. The molecule has 0 heterocycles. The Kier molecular flexibility index (Phi) is 4.84. The SMILES string of the molecule is COCCC1(CN=C(N)Nc2cccc(OC)c2)CC1. The van der Waals surface area contributed by atoms with Gasteiger partial charge in [-0.25, -0.2) is 0 Å². The van der Waals surface area contributed by atoms with Crippen molar-refractivity contribution in [1.82, 2.24) is 0 Å². The summed E-state index contributed by atoms with van der Waals surface area (Å²) in [6.07, 6.45) is 3.48. The van der Waals surface area contributed by atoms with Crippen molar-refractivity contribution >= 4 is 11.6 Å². The molecule has 0 radical (unpaired) electrons. The fourth-order valence-corrected chi connectivity index (χ4v) is 2.12. The minimum absolute atomic E-state index is 0.316. The van der Waals surface area contributed by atoms with Crippen molar-refractivity contribution in [2.45, 2.75) is 19.3 Å². The minimum Gasteiger partial charge on any atom is -0.497 e. The smallest absolute Gasteiger partial charge is 0.193 e. The lowest BCUT2D eigenvalue weighted by Gasteiger charge is -2.12. The second kappa shape index (κ2) is 6.61. The number of rotatable bonds is 7. The van der Waals surface area contributed by atoms with Crippen LogP contribution in [-0.2, 0) is 4.74 Å². The molecular weight excluding hydrogens is 254 g/mol. The second-order valence-electron chi connectivity index (χ2n) is 5.30. The molecule has 1 aromatic rings. The van der Waals surface area contributed by atoms with Gasteiger partial charge in [-0.2, -0.15) is 0 Å². The predicted octanol–water partition coefficient (Wildman–Crippen LogP) is 2.24. The third-order valence-corrected chi connectivity index (χ3v) is 3.72. The Morgan fingerprint density at radius 2 is 2.20 bits per heavy atom. The summed E-state index contributed by atoms with van der Waals surface area (Å²) < 4.78 is 10.3. The number of aliphatic imine (C=N–C) groups is 1. The van der Waals surface area contributed by atoms with Crippen LogP contribution in [0.15, 0.2) is 29.3 Å². The molecule has 0 aliphatic heterocycles. The summed E-state index contributed by atoms with van der Waals surface area (Å²) in [4.78, 5) is 4.45. The quantitative estimate of drug-likeness (QED) is 0.592. The second-order valence-corrected chi connectivity index (χ2v) is 5.30. The highest BCUT2D eigenvalue weighted by Crippen LogP contribution is 2.48. The van der Waals surface area contributed by atoms with Crippen molar-refractivity contribution in [3.63, 3.8) is 0 Å². The van der Waals surface area contributed by atoms with Gasteiger partial charge in [0.2, 0.25) is 0 Å². The summed E-state index contributed by atoms with van der Waals surface area (Å²) in [7, 11) is 3.38. The molecular formula is C15H23N3O2. The van der Waals surface area contributed by atoms with Gasteiger partial charge < -0.3 is 20.5 Å². The summed E-state index contributed by atoms with van der Waals surface area (Å²) in [5.41, 5.74) is 7.13. The average Bonchev–Trinajstić information content (AvgIpc) is 3.24. The number of hydrogen-bond donors (Lipinski definition) is 2. The van der Waals surface area contributed by atoms with Crippen LogP contribution in [-0.4, -0.2) is 33.3 Å². The monoisotopic (exact) mass is 277 g/mol. The molecule has 0 aromatic heterocycles. The molecule has 20 heavy (non-hydrogen) atoms. The van der Waals surface area contributed by atoms with E-state index in [0.717, 1.165) is 31.0 Å². The molecule has 2 rings (SSSR count). The third kappa shape index (κ3) is 4.13. The van der Waals surface area contributed by atoms with Gasteiger partial charge in [-0.1, -0.05) is 6.07 Å². The van der Waals surface area contributed by atoms with Gasteiger partial charge in [0.15, 0.2) is 5.96 Å². The maximum atomic E-state index is 5.93. The molecule has 0 atom stereocenters. The highest BCUT2D eigenvalue weighted by atomic mass is 16.5. The van der Waals surface area contributed by atoms with Gasteiger partial charge in [-0.3, -0.25) is 4.99 Å². The molecule has 1 aromatic carbocycles. The lowest BCUT2D eigenvalue weighted by Crippen LogP contribution is -2.24. The van der Waals surface area contributed by atoms with Crippen molar-refractivity contribution in [2.24, 2.45) is 16.1 Å². The van der Waals surface area contributed by atoms with Crippen LogP contribution in [0.3, 0.4) is 0 Å². The Bertz CT molecular complexity index is 470. The first-order valence-electron chi connectivity index (χ1n) is 6.87. The maximum Gasteiger partial charge on any atom is 0.193 e. The van der Waals surface area contributed by atoms with Crippen LogP contribution < -0.4 is 15.8 Å². The molecule has 0 bridgehead atoms. The maximum absolute atomic E-state index is 5.93. The average molecular weight is 277 g/mol.